The summed E-state index contributed by atoms with van der Waals surface area (Å²) in [5, 5.41) is 2.86. The van der Waals surface area contributed by atoms with Crippen molar-refractivity contribution < 1.29 is 4.79 Å². The van der Waals surface area contributed by atoms with Crippen LogP contribution in [0.15, 0.2) is 35.5 Å². The molecular formula is C13H12N2O. The number of aliphatic imine (C=N–C) groups is 1. The van der Waals surface area contributed by atoms with Gasteiger partial charge in [-0.1, -0.05) is 24.3 Å². The number of carbonyl (C=O) groups excluding carboxylic acids is 1. The van der Waals surface area contributed by atoms with Crippen molar-refractivity contribution in [2.45, 2.75) is 6.92 Å². The SMILES string of the molecule is CC(=O)NCC1C2=CN=C1c1ccccc12. The molecule has 1 unspecified atom stereocenters. The standard InChI is InChI=1S/C13H12N2O/c1-8(16)14-7-12-11-6-15-13(12)10-5-3-2-4-9(10)11/h2-6,12H,7H2,1H3,(H,14,16). The van der Waals surface area contributed by atoms with Gasteiger partial charge in [-0.25, -0.2) is 0 Å². The summed E-state index contributed by atoms with van der Waals surface area (Å²) in [6.07, 6.45) is 1.92. The van der Waals surface area contributed by atoms with Gasteiger partial charge < -0.3 is 5.32 Å². The molecule has 2 aliphatic rings. The van der Waals surface area contributed by atoms with E-state index in [1.165, 1.54) is 16.7 Å². The first-order valence-electron chi connectivity index (χ1n) is 5.39. The molecule has 3 nitrogen and oxygen atoms in total. The van der Waals surface area contributed by atoms with Crippen molar-refractivity contribution in [3.05, 3.63) is 41.6 Å². The van der Waals surface area contributed by atoms with Crippen LogP contribution in [0.4, 0.5) is 0 Å². The molecule has 0 saturated heterocycles. The van der Waals surface area contributed by atoms with Crippen molar-refractivity contribution in [1.29, 1.82) is 0 Å². The van der Waals surface area contributed by atoms with Crippen LogP contribution >= 0.6 is 0 Å². The van der Waals surface area contributed by atoms with Gasteiger partial charge in [0.2, 0.25) is 5.91 Å². The molecule has 3 rings (SSSR count). The maximum atomic E-state index is 10.9. The molecule has 0 radical (unpaired) electrons. The van der Waals surface area contributed by atoms with E-state index in [4.69, 9.17) is 0 Å². The zero-order valence-electron chi connectivity index (χ0n) is 9.03. The molecule has 1 aliphatic heterocycles. The quantitative estimate of drug-likeness (QED) is 0.794. The van der Waals surface area contributed by atoms with Crippen LogP contribution in [0.1, 0.15) is 18.1 Å². The van der Waals surface area contributed by atoms with Gasteiger partial charge in [0.1, 0.15) is 0 Å². The number of amides is 1. The van der Waals surface area contributed by atoms with Crippen molar-refractivity contribution in [2.24, 2.45) is 10.9 Å². The zero-order chi connectivity index (χ0) is 11.1. The highest BCUT2D eigenvalue weighted by Crippen LogP contribution is 2.41. The minimum atomic E-state index is 0.0107. The molecule has 0 aromatic heterocycles. The number of benzene rings is 1. The Morgan fingerprint density at radius 2 is 2.12 bits per heavy atom. The third kappa shape index (κ3) is 1.21. The highest BCUT2D eigenvalue weighted by atomic mass is 16.1. The van der Waals surface area contributed by atoms with Gasteiger partial charge in [0.15, 0.2) is 0 Å². The molecule has 0 saturated carbocycles. The van der Waals surface area contributed by atoms with Crippen molar-refractivity contribution in [3.63, 3.8) is 0 Å². The van der Waals surface area contributed by atoms with Crippen molar-refractivity contribution in [1.82, 2.24) is 5.32 Å². The molecule has 1 aromatic rings. The van der Waals surface area contributed by atoms with E-state index in [9.17, 15) is 4.79 Å². The summed E-state index contributed by atoms with van der Waals surface area (Å²) in [4.78, 5) is 15.3. The van der Waals surface area contributed by atoms with Crippen LogP contribution in [-0.2, 0) is 4.79 Å². The van der Waals surface area contributed by atoms with Crippen LogP contribution in [0, 0.1) is 5.92 Å². The lowest BCUT2D eigenvalue weighted by atomic mass is 10.0. The third-order valence-electron chi connectivity index (χ3n) is 3.12. The van der Waals surface area contributed by atoms with Crippen LogP contribution in [-0.4, -0.2) is 18.2 Å². The predicted octanol–water partition coefficient (Wildman–Crippen LogP) is 1.60. The molecule has 1 heterocycles. The summed E-state index contributed by atoms with van der Waals surface area (Å²) in [6.45, 7) is 2.19. The summed E-state index contributed by atoms with van der Waals surface area (Å²) in [5.74, 6) is 0.262. The van der Waals surface area contributed by atoms with Crippen LogP contribution in [0.3, 0.4) is 0 Å². The first-order valence-corrected chi connectivity index (χ1v) is 5.39. The largest absolute Gasteiger partial charge is 0.355 e. The number of nitrogens with zero attached hydrogens (tertiary/aromatic N) is 1. The molecule has 0 spiro atoms. The van der Waals surface area contributed by atoms with E-state index in [-0.39, 0.29) is 11.8 Å². The topological polar surface area (TPSA) is 41.5 Å². The predicted molar refractivity (Wildman–Crippen MR) is 63.1 cm³/mol. The van der Waals surface area contributed by atoms with Gasteiger partial charge in [-0.2, -0.15) is 0 Å². The Balaban J connectivity index is 1.91. The Kier molecular flexibility index (Phi) is 1.93. The van der Waals surface area contributed by atoms with Crippen LogP contribution in [0.5, 0.6) is 0 Å². The smallest absolute Gasteiger partial charge is 0.216 e. The second-order valence-electron chi connectivity index (χ2n) is 4.13. The van der Waals surface area contributed by atoms with Gasteiger partial charge in [0, 0.05) is 31.1 Å². The molecule has 1 aliphatic carbocycles. The van der Waals surface area contributed by atoms with Gasteiger partial charge >= 0.3 is 0 Å². The maximum absolute atomic E-state index is 10.9. The van der Waals surface area contributed by atoms with Gasteiger partial charge in [0.05, 0.1) is 5.71 Å². The van der Waals surface area contributed by atoms with E-state index in [1.807, 2.05) is 18.3 Å². The summed E-state index contributed by atoms with van der Waals surface area (Å²) in [6, 6.07) is 8.27. The number of hydrogen-bond donors (Lipinski definition) is 1. The maximum Gasteiger partial charge on any atom is 0.216 e. The van der Waals surface area contributed by atoms with Gasteiger partial charge in [0.25, 0.3) is 0 Å². The van der Waals surface area contributed by atoms with Crippen molar-refractivity contribution in [2.75, 3.05) is 6.54 Å². The molecule has 2 bridgehead atoms. The number of carbonyl (C=O) groups is 1. The molecule has 16 heavy (non-hydrogen) atoms. The lowest BCUT2D eigenvalue weighted by molar-refractivity contribution is -0.118. The Morgan fingerprint density at radius 1 is 1.38 bits per heavy atom. The molecule has 80 valence electrons. The molecule has 3 heteroatoms. The van der Waals surface area contributed by atoms with Crippen molar-refractivity contribution in [3.8, 4) is 0 Å². The van der Waals surface area contributed by atoms with E-state index in [2.05, 4.69) is 22.4 Å². The average molecular weight is 212 g/mol. The number of fused-ring (bicyclic) bond motifs is 5. The first-order chi connectivity index (χ1) is 7.77. The fourth-order valence-electron chi connectivity index (χ4n) is 2.39. The Bertz CT molecular complexity index is 489. The van der Waals surface area contributed by atoms with E-state index in [1.54, 1.807) is 6.92 Å². The molecule has 1 amide bonds. The van der Waals surface area contributed by atoms with E-state index in [0.717, 1.165) is 5.71 Å². The number of hydrogen-bond acceptors (Lipinski definition) is 2. The zero-order valence-corrected chi connectivity index (χ0v) is 9.03. The third-order valence-corrected chi connectivity index (χ3v) is 3.12. The summed E-state index contributed by atoms with van der Waals surface area (Å²) in [5.41, 5.74) is 4.82. The second kappa shape index (κ2) is 3.30. The minimum Gasteiger partial charge on any atom is -0.355 e. The normalized spacial score (nSPS) is 20.2. The lowest BCUT2D eigenvalue weighted by Crippen LogP contribution is -2.28. The average Bonchev–Trinajstić information content (AvgIpc) is 2.82. The fraction of sp³-hybridized carbons (Fsp3) is 0.231. The molecule has 1 atom stereocenters. The van der Waals surface area contributed by atoms with Crippen molar-refractivity contribution >= 4 is 17.2 Å². The van der Waals surface area contributed by atoms with E-state index in [0.29, 0.717) is 6.54 Å². The minimum absolute atomic E-state index is 0.0107. The highest BCUT2D eigenvalue weighted by molar-refractivity contribution is 6.19. The Morgan fingerprint density at radius 3 is 2.81 bits per heavy atom. The van der Waals surface area contributed by atoms with Crippen LogP contribution < -0.4 is 5.32 Å². The number of rotatable bonds is 2. The Hall–Kier alpha value is -1.90. The molecule has 1 aromatic carbocycles. The van der Waals surface area contributed by atoms with Gasteiger partial charge in [-0.3, -0.25) is 9.79 Å². The lowest BCUT2D eigenvalue weighted by Gasteiger charge is -2.08. The second-order valence-corrected chi connectivity index (χ2v) is 4.13. The molecule has 0 fully saturated rings. The molecule has 1 N–H and O–H groups in total. The Labute approximate surface area is 93.9 Å². The fourth-order valence-corrected chi connectivity index (χ4v) is 2.39. The summed E-state index contributed by atoms with van der Waals surface area (Å²) >= 11 is 0. The highest BCUT2D eigenvalue weighted by Gasteiger charge is 2.35. The van der Waals surface area contributed by atoms with Gasteiger partial charge in [-0.15, -0.1) is 0 Å². The number of nitrogens with one attached hydrogen (secondary N) is 1. The van der Waals surface area contributed by atoms with E-state index < -0.39 is 0 Å². The van der Waals surface area contributed by atoms with E-state index >= 15 is 0 Å². The summed E-state index contributed by atoms with van der Waals surface area (Å²) < 4.78 is 0. The van der Waals surface area contributed by atoms with Crippen LogP contribution in [0.25, 0.3) is 5.57 Å². The molecular weight excluding hydrogens is 200 g/mol. The van der Waals surface area contributed by atoms with Crippen LogP contribution in [0.2, 0.25) is 0 Å². The first kappa shape index (κ1) is 9.33. The van der Waals surface area contributed by atoms with Gasteiger partial charge in [-0.05, 0) is 11.1 Å². The monoisotopic (exact) mass is 212 g/mol. The summed E-state index contributed by atoms with van der Waals surface area (Å²) in [7, 11) is 0.